The van der Waals surface area contributed by atoms with Crippen LogP contribution in [0.15, 0.2) is 47.6 Å². The van der Waals surface area contributed by atoms with Gasteiger partial charge in [0, 0.05) is 37.1 Å². The molecule has 5 nitrogen and oxygen atoms in total. The molecule has 5 heteroatoms. The summed E-state index contributed by atoms with van der Waals surface area (Å²) < 4.78 is 0. The van der Waals surface area contributed by atoms with Crippen LogP contribution in [0.25, 0.3) is 0 Å². The maximum Gasteiger partial charge on any atom is 0.191 e. The fourth-order valence-corrected chi connectivity index (χ4v) is 2.04. The van der Waals surface area contributed by atoms with Crippen molar-refractivity contribution >= 4 is 5.96 Å². The summed E-state index contributed by atoms with van der Waals surface area (Å²) in [4.78, 5) is 13.3. The van der Waals surface area contributed by atoms with E-state index in [1.54, 1.807) is 0 Å². The molecule has 0 radical (unpaired) electrons. The van der Waals surface area contributed by atoms with Gasteiger partial charge in [-0.3, -0.25) is 9.97 Å². The third-order valence-corrected chi connectivity index (χ3v) is 3.09. The summed E-state index contributed by atoms with van der Waals surface area (Å²) >= 11 is 0. The molecule has 2 heterocycles. The zero-order valence-electron chi connectivity index (χ0n) is 13.2. The third kappa shape index (κ3) is 5.52. The second-order valence-electron chi connectivity index (χ2n) is 4.96. The van der Waals surface area contributed by atoms with Crippen molar-refractivity contribution in [1.29, 1.82) is 0 Å². The molecule has 0 aromatic carbocycles. The van der Waals surface area contributed by atoms with Gasteiger partial charge in [-0.15, -0.1) is 0 Å². The minimum Gasteiger partial charge on any atom is -0.357 e. The van der Waals surface area contributed by atoms with Crippen LogP contribution in [0.4, 0.5) is 0 Å². The molecule has 0 atom stereocenters. The lowest BCUT2D eigenvalue weighted by Crippen LogP contribution is -2.38. The Morgan fingerprint density at radius 3 is 2.68 bits per heavy atom. The predicted molar refractivity (Wildman–Crippen MR) is 89.7 cm³/mol. The molecule has 0 fully saturated rings. The molecule has 2 aromatic heterocycles. The monoisotopic (exact) mass is 297 g/mol. The Hall–Kier alpha value is -2.43. The third-order valence-electron chi connectivity index (χ3n) is 3.09. The number of aromatic nitrogens is 2. The van der Waals surface area contributed by atoms with Crippen LogP contribution in [-0.2, 0) is 13.0 Å². The molecule has 0 amide bonds. The van der Waals surface area contributed by atoms with E-state index in [2.05, 4.69) is 32.5 Å². The van der Waals surface area contributed by atoms with Gasteiger partial charge in [-0.25, -0.2) is 4.99 Å². The van der Waals surface area contributed by atoms with Crippen molar-refractivity contribution in [3.05, 3.63) is 59.7 Å². The number of rotatable bonds is 6. The summed E-state index contributed by atoms with van der Waals surface area (Å²) in [5, 5.41) is 6.57. The first kappa shape index (κ1) is 15.9. The molecule has 0 aliphatic carbocycles. The maximum absolute atomic E-state index is 4.57. The lowest BCUT2D eigenvalue weighted by atomic mass is 10.3. The molecule has 2 rings (SSSR count). The summed E-state index contributed by atoms with van der Waals surface area (Å²) in [7, 11) is 0. The highest BCUT2D eigenvalue weighted by atomic mass is 15.2. The van der Waals surface area contributed by atoms with Crippen molar-refractivity contribution in [3.8, 4) is 0 Å². The first-order valence-electron chi connectivity index (χ1n) is 7.62. The molecule has 0 aliphatic heterocycles. The van der Waals surface area contributed by atoms with Crippen LogP contribution in [0, 0.1) is 6.92 Å². The molecule has 0 aliphatic rings. The number of hydrogen-bond acceptors (Lipinski definition) is 3. The molecule has 0 unspecified atom stereocenters. The summed E-state index contributed by atoms with van der Waals surface area (Å²) in [6.45, 7) is 6.24. The molecule has 0 spiro atoms. The summed E-state index contributed by atoms with van der Waals surface area (Å²) in [5.74, 6) is 0.807. The Morgan fingerprint density at radius 1 is 1.09 bits per heavy atom. The van der Waals surface area contributed by atoms with Crippen LogP contribution < -0.4 is 10.6 Å². The number of guanidine groups is 1. The fraction of sp³-hybridized carbons (Fsp3) is 0.353. The van der Waals surface area contributed by atoms with Crippen molar-refractivity contribution < 1.29 is 0 Å². The second kappa shape index (κ2) is 8.77. The normalized spacial score (nSPS) is 11.3. The van der Waals surface area contributed by atoms with Gasteiger partial charge in [0.2, 0.25) is 0 Å². The Kier molecular flexibility index (Phi) is 6.36. The SMILES string of the molecule is CCNC(=NCc1cccc(C)n1)NCCc1ccccn1. The quantitative estimate of drug-likeness (QED) is 0.633. The Bertz CT molecular complexity index is 595. The zero-order chi connectivity index (χ0) is 15.6. The van der Waals surface area contributed by atoms with Crippen molar-refractivity contribution in [1.82, 2.24) is 20.6 Å². The number of aliphatic imine (C=N–C) groups is 1. The van der Waals surface area contributed by atoms with E-state index in [0.717, 1.165) is 42.6 Å². The average molecular weight is 297 g/mol. The van der Waals surface area contributed by atoms with Crippen molar-refractivity contribution in [2.45, 2.75) is 26.8 Å². The minimum atomic E-state index is 0.570. The van der Waals surface area contributed by atoms with Crippen LogP contribution in [0.1, 0.15) is 24.0 Å². The number of pyridine rings is 2. The van der Waals surface area contributed by atoms with Gasteiger partial charge in [-0.05, 0) is 38.1 Å². The number of nitrogens with zero attached hydrogens (tertiary/aromatic N) is 3. The van der Waals surface area contributed by atoms with Gasteiger partial charge in [0.15, 0.2) is 5.96 Å². The van der Waals surface area contributed by atoms with Crippen LogP contribution in [0.3, 0.4) is 0 Å². The standard InChI is InChI=1S/C17H23N5/c1-3-18-17(20-12-10-15-8-4-5-11-19-15)21-13-16-9-6-7-14(2)22-16/h4-9,11H,3,10,12-13H2,1-2H3,(H2,18,20,21). The highest BCUT2D eigenvalue weighted by molar-refractivity contribution is 5.79. The van der Waals surface area contributed by atoms with Crippen molar-refractivity contribution in [2.75, 3.05) is 13.1 Å². The fourth-order valence-electron chi connectivity index (χ4n) is 2.04. The van der Waals surface area contributed by atoms with E-state index in [1.165, 1.54) is 0 Å². The summed E-state index contributed by atoms with van der Waals surface area (Å²) in [6.07, 6.45) is 2.69. The predicted octanol–water partition coefficient (Wildman–Crippen LogP) is 2.08. The lowest BCUT2D eigenvalue weighted by Gasteiger charge is -2.11. The van der Waals surface area contributed by atoms with Crippen LogP contribution in [0.2, 0.25) is 0 Å². The van der Waals surface area contributed by atoms with Gasteiger partial charge in [-0.1, -0.05) is 12.1 Å². The summed E-state index contributed by atoms with van der Waals surface area (Å²) in [5.41, 5.74) is 3.06. The Balaban J connectivity index is 1.87. The van der Waals surface area contributed by atoms with Gasteiger partial charge in [-0.2, -0.15) is 0 Å². The highest BCUT2D eigenvalue weighted by Gasteiger charge is 1.99. The first-order chi connectivity index (χ1) is 10.8. The molecule has 2 N–H and O–H groups in total. The Labute approximate surface area is 131 Å². The number of aryl methyl sites for hydroxylation is 1. The van der Waals surface area contributed by atoms with Gasteiger partial charge >= 0.3 is 0 Å². The molecule has 0 saturated heterocycles. The molecule has 116 valence electrons. The topological polar surface area (TPSA) is 62.2 Å². The average Bonchev–Trinajstić information content (AvgIpc) is 2.54. The van der Waals surface area contributed by atoms with E-state index >= 15 is 0 Å². The van der Waals surface area contributed by atoms with Gasteiger partial charge < -0.3 is 10.6 Å². The first-order valence-corrected chi connectivity index (χ1v) is 7.62. The molecule has 22 heavy (non-hydrogen) atoms. The molecular weight excluding hydrogens is 274 g/mol. The van der Waals surface area contributed by atoms with Crippen LogP contribution in [-0.4, -0.2) is 29.0 Å². The maximum atomic E-state index is 4.57. The minimum absolute atomic E-state index is 0.570. The Morgan fingerprint density at radius 2 is 1.95 bits per heavy atom. The van der Waals surface area contributed by atoms with Gasteiger partial charge in [0.05, 0.1) is 12.2 Å². The van der Waals surface area contributed by atoms with Crippen LogP contribution >= 0.6 is 0 Å². The lowest BCUT2D eigenvalue weighted by molar-refractivity contribution is 0.785. The van der Waals surface area contributed by atoms with Crippen molar-refractivity contribution in [3.63, 3.8) is 0 Å². The van der Waals surface area contributed by atoms with Crippen LogP contribution in [0.5, 0.6) is 0 Å². The second-order valence-corrected chi connectivity index (χ2v) is 4.96. The largest absolute Gasteiger partial charge is 0.357 e. The van der Waals surface area contributed by atoms with E-state index in [9.17, 15) is 0 Å². The zero-order valence-corrected chi connectivity index (χ0v) is 13.2. The van der Waals surface area contributed by atoms with E-state index in [1.807, 2.05) is 49.5 Å². The van der Waals surface area contributed by atoms with E-state index in [-0.39, 0.29) is 0 Å². The summed E-state index contributed by atoms with van der Waals surface area (Å²) in [6, 6.07) is 12.0. The van der Waals surface area contributed by atoms with E-state index < -0.39 is 0 Å². The van der Waals surface area contributed by atoms with E-state index in [4.69, 9.17) is 0 Å². The molecular formula is C17H23N5. The smallest absolute Gasteiger partial charge is 0.191 e. The van der Waals surface area contributed by atoms with E-state index in [0.29, 0.717) is 6.54 Å². The van der Waals surface area contributed by atoms with Gasteiger partial charge in [0.1, 0.15) is 0 Å². The number of nitrogens with one attached hydrogen (secondary N) is 2. The van der Waals surface area contributed by atoms with Gasteiger partial charge in [0.25, 0.3) is 0 Å². The number of hydrogen-bond donors (Lipinski definition) is 2. The highest BCUT2D eigenvalue weighted by Crippen LogP contribution is 1.99. The molecule has 2 aromatic rings. The van der Waals surface area contributed by atoms with Crippen molar-refractivity contribution in [2.24, 2.45) is 4.99 Å². The molecule has 0 bridgehead atoms. The molecule has 0 saturated carbocycles.